The molecular formula is C3H10N4OS. The summed E-state index contributed by atoms with van der Waals surface area (Å²) >= 11 is 3.64. The van der Waals surface area contributed by atoms with E-state index in [0.717, 1.165) is 0 Å². The lowest BCUT2D eigenvalue weighted by Crippen LogP contribution is -2.40. The Morgan fingerprint density at radius 1 is 1.89 bits per heavy atom. The summed E-state index contributed by atoms with van der Waals surface area (Å²) in [6, 6.07) is -0.576. The molecule has 9 heavy (non-hydrogen) atoms. The van der Waals surface area contributed by atoms with Gasteiger partial charge in [0.05, 0.1) is 12.6 Å². The molecule has 0 aromatic rings. The summed E-state index contributed by atoms with van der Waals surface area (Å²) in [4.78, 5) is 0. The Hall–Kier alpha value is -0.460. The van der Waals surface area contributed by atoms with Gasteiger partial charge < -0.3 is 21.4 Å². The minimum atomic E-state index is -0.576. The van der Waals surface area contributed by atoms with E-state index in [-0.39, 0.29) is 12.4 Å². The van der Waals surface area contributed by atoms with Crippen LogP contribution in [0.25, 0.3) is 0 Å². The Bertz CT molecular complexity index is 106. The van der Waals surface area contributed by atoms with Crippen molar-refractivity contribution in [3.8, 4) is 0 Å². The summed E-state index contributed by atoms with van der Waals surface area (Å²) in [6.45, 7) is -0.205. The zero-order valence-electron chi connectivity index (χ0n) is 4.78. The number of thiol groups is 1. The Morgan fingerprint density at radius 2 is 2.44 bits per heavy atom. The lowest BCUT2D eigenvalue weighted by atomic mass is 10.3. The molecule has 0 aliphatic rings. The first-order valence-electron chi connectivity index (χ1n) is 2.30. The molecule has 1 atom stereocenters. The lowest BCUT2D eigenvalue weighted by molar-refractivity contribution is 0.289. The summed E-state index contributed by atoms with van der Waals surface area (Å²) in [5.74, 6) is 5.11. The highest BCUT2D eigenvalue weighted by Gasteiger charge is 2.06. The molecule has 0 aromatic heterocycles. The Labute approximate surface area is 58.6 Å². The topological polar surface area (TPSA) is 96.7 Å². The van der Waals surface area contributed by atoms with Crippen LogP contribution in [0.3, 0.4) is 0 Å². The van der Waals surface area contributed by atoms with Crippen LogP contribution in [0.5, 0.6) is 0 Å². The van der Waals surface area contributed by atoms with Crippen LogP contribution in [0.2, 0.25) is 0 Å². The molecule has 0 fully saturated rings. The molecule has 0 aromatic carbocycles. The first-order valence-corrected chi connectivity index (χ1v) is 2.75. The van der Waals surface area contributed by atoms with E-state index in [4.69, 9.17) is 16.7 Å². The fourth-order valence-corrected chi connectivity index (χ4v) is 0.518. The van der Waals surface area contributed by atoms with Gasteiger partial charge in [-0.15, -0.1) is 0 Å². The predicted molar refractivity (Wildman–Crippen MR) is 38.8 cm³/mol. The molecular weight excluding hydrogens is 140 g/mol. The number of rotatable bonds is 2. The van der Waals surface area contributed by atoms with Crippen LogP contribution >= 0.6 is 12.8 Å². The molecule has 0 aliphatic carbocycles. The fourth-order valence-electron chi connectivity index (χ4n) is 0.294. The van der Waals surface area contributed by atoms with Crippen molar-refractivity contribution >= 4 is 18.7 Å². The molecule has 0 amide bonds. The number of hydrogen-bond donors (Lipinski definition) is 5. The van der Waals surface area contributed by atoms with Gasteiger partial charge in [-0.1, -0.05) is 12.8 Å². The highest BCUT2D eigenvalue weighted by atomic mass is 32.1. The predicted octanol–water partition coefficient (Wildman–Crippen LogP) is -1.99. The smallest absolute Gasteiger partial charge is 0.150 e. The van der Waals surface area contributed by atoms with Gasteiger partial charge >= 0.3 is 0 Å². The standard InChI is InChI=1S/C3H10N4OS/c4-2(1-8)3(6-5)7-9/h2,8-9H,1,4-5H2,(H,6,7). The minimum absolute atomic E-state index is 0.205. The van der Waals surface area contributed by atoms with Crippen LogP contribution in [-0.2, 0) is 0 Å². The van der Waals surface area contributed by atoms with Crippen molar-refractivity contribution in [2.45, 2.75) is 6.04 Å². The normalized spacial score (nSPS) is 15.2. The Kier molecular flexibility index (Phi) is 4.20. The molecule has 0 saturated heterocycles. The van der Waals surface area contributed by atoms with Crippen LogP contribution in [0.1, 0.15) is 0 Å². The second-order valence-electron chi connectivity index (χ2n) is 1.42. The summed E-state index contributed by atoms with van der Waals surface area (Å²) in [5, 5.41) is 11.7. The first-order chi connectivity index (χ1) is 4.26. The van der Waals surface area contributed by atoms with E-state index in [1.807, 2.05) is 0 Å². The van der Waals surface area contributed by atoms with Gasteiger partial charge in [0.2, 0.25) is 0 Å². The second-order valence-corrected chi connectivity index (χ2v) is 1.64. The van der Waals surface area contributed by atoms with Gasteiger partial charge in [-0.2, -0.15) is 5.10 Å². The van der Waals surface area contributed by atoms with Crippen molar-refractivity contribution < 1.29 is 5.11 Å². The molecule has 0 aliphatic heterocycles. The van der Waals surface area contributed by atoms with E-state index < -0.39 is 6.04 Å². The third-order valence-electron chi connectivity index (χ3n) is 0.802. The number of aliphatic hydroxyl groups excluding tert-OH is 1. The van der Waals surface area contributed by atoms with E-state index >= 15 is 0 Å². The maximum Gasteiger partial charge on any atom is 0.150 e. The molecule has 6 heteroatoms. The molecule has 6 N–H and O–H groups in total. The molecule has 0 saturated carbocycles. The van der Waals surface area contributed by atoms with Gasteiger partial charge in [-0.05, 0) is 0 Å². The first kappa shape index (κ1) is 8.54. The SMILES string of the molecule is N/N=C(/NS)C(N)CO. The third kappa shape index (κ3) is 2.54. The number of nitrogens with zero attached hydrogens (tertiary/aromatic N) is 1. The molecule has 1 unspecified atom stereocenters. The Morgan fingerprint density at radius 3 is 2.56 bits per heavy atom. The Balaban J connectivity index is 3.80. The summed E-state index contributed by atoms with van der Waals surface area (Å²) in [5.41, 5.74) is 5.27. The van der Waals surface area contributed by atoms with Gasteiger partial charge in [-0.25, -0.2) is 0 Å². The molecule has 0 rings (SSSR count). The van der Waals surface area contributed by atoms with Crippen molar-refractivity contribution in [2.24, 2.45) is 16.7 Å². The second kappa shape index (κ2) is 4.42. The van der Waals surface area contributed by atoms with E-state index in [9.17, 15) is 0 Å². The monoisotopic (exact) mass is 150 g/mol. The van der Waals surface area contributed by atoms with Crippen molar-refractivity contribution in [3.05, 3.63) is 0 Å². The number of hydrazone groups is 1. The van der Waals surface area contributed by atoms with Crippen molar-refractivity contribution in [3.63, 3.8) is 0 Å². The largest absolute Gasteiger partial charge is 0.394 e. The maximum absolute atomic E-state index is 8.43. The van der Waals surface area contributed by atoms with Gasteiger partial charge in [0.15, 0.2) is 5.84 Å². The molecule has 5 nitrogen and oxygen atoms in total. The summed E-state index contributed by atoms with van der Waals surface area (Å²) < 4.78 is 2.34. The van der Waals surface area contributed by atoms with Crippen molar-refractivity contribution in [1.29, 1.82) is 0 Å². The zero-order chi connectivity index (χ0) is 7.28. The number of amidine groups is 1. The number of aliphatic hydroxyl groups is 1. The molecule has 0 heterocycles. The maximum atomic E-state index is 8.43. The fraction of sp³-hybridized carbons (Fsp3) is 0.667. The van der Waals surface area contributed by atoms with Crippen LogP contribution < -0.4 is 16.3 Å². The van der Waals surface area contributed by atoms with Crippen LogP contribution in [0.15, 0.2) is 5.10 Å². The quantitative estimate of drug-likeness (QED) is 0.103. The molecule has 0 radical (unpaired) electrons. The average molecular weight is 150 g/mol. The van der Waals surface area contributed by atoms with Crippen LogP contribution in [0.4, 0.5) is 0 Å². The summed E-state index contributed by atoms with van der Waals surface area (Å²) in [7, 11) is 0. The van der Waals surface area contributed by atoms with Crippen molar-refractivity contribution in [2.75, 3.05) is 6.61 Å². The van der Waals surface area contributed by atoms with Gasteiger partial charge in [0, 0.05) is 0 Å². The molecule has 54 valence electrons. The minimum Gasteiger partial charge on any atom is -0.394 e. The van der Waals surface area contributed by atoms with Crippen molar-refractivity contribution in [1.82, 2.24) is 4.72 Å². The van der Waals surface area contributed by atoms with Gasteiger partial charge in [0.1, 0.15) is 0 Å². The van der Waals surface area contributed by atoms with Crippen LogP contribution in [-0.4, -0.2) is 23.6 Å². The van der Waals surface area contributed by atoms with E-state index in [1.54, 1.807) is 0 Å². The van der Waals surface area contributed by atoms with E-state index in [1.165, 1.54) is 0 Å². The average Bonchev–Trinajstić information content (AvgIpc) is 1.90. The zero-order valence-corrected chi connectivity index (χ0v) is 5.68. The molecule has 0 spiro atoms. The highest BCUT2D eigenvalue weighted by Crippen LogP contribution is 1.79. The van der Waals surface area contributed by atoms with E-state index in [2.05, 4.69) is 22.6 Å². The third-order valence-corrected chi connectivity index (χ3v) is 1.03. The highest BCUT2D eigenvalue weighted by molar-refractivity contribution is 7.78. The number of nitrogens with two attached hydrogens (primary N) is 2. The van der Waals surface area contributed by atoms with Gasteiger partial charge in [0.25, 0.3) is 0 Å². The molecule has 0 bridgehead atoms. The number of hydrogen-bond acceptors (Lipinski definition) is 5. The lowest BCUT2D eigenvalue weighted by Gasteiger charge is -2.07. The number of nitrogens with one attached hydrogen (secondary N) is 1. The van der Waals surface area contributed by atoms with E-state index in [0.29, 0.717) is 0 Å². The van der Waals surface area contributed by atoms with Gasteiger partial charge in [-0.3, -0.25) is 0 Å². The van der Waals surface area contributed by atoms with Crippen LogP contribution in [0, 0.1) is 0 Å². The summed E-state index contributed by atoms with van der Waals surface area (Å²) in [6.07, 6.45) is 0.